The van der Waals surface area contributed by atoms with Gasteiger partial charge in [-0.15, -0.1) is 6.42 Å². The molecule has 0 aromatic heterocycles. The van der Waals surface area contributed by atoms with E-state index in [1.54, 1.807) is 12.1 Å². The number of rotatable bonds is 3. The highest BCUT2D eigenvalue weighted by Crippen LogP contribution is 2.67. The molecule has 3 fully saturated rings. The van der Waals surface area contributed by atoms with Crippen LogP contribution in [0.15, 0.2) is 42.0 Å². The number of carbonyl (C=O) groups excluding carboxylic acids is 2. The molecule has 0 spiro atoms. The summed E-state index contributed by atoms with van der Waals surface area (Å²) in [5.74, 6) is 4.08. The fourth-order valence-electron chi connectivity index (χ4n) is 8.19. The van der Waals surface area contributed by atoms with Crippen molar-refractivity contribution in [1.82, 2.24) is 0 Å². The smallest absolute Gasteiger partial charge is 0.339 e. The highest BCUT2D eigenvalue weighted by atomic mass is 16.6. The Morgan fingerprint density at radius 2 is 1.76 bits per heavy atom. The van der Waals surface area contributed by atoms with Crippen LogP contribution in [0.5, 0.6) is 0 Å². The minimum atomic E-state index is -0.854. The van der Waals surface area contributed by atoms with Gasteiger partial charge in [0, 0.05) is 18.8 Å². The lowest BCUT2D eigenvalue weighted by Gasteiger charge is -2.58. The van der Waals surface area contributed by atoms with Crippen LogP contribution in [-0.4, -0.2) is 23.6 Å². The number of hydrogen-bond acceptors (Lipinski definition) is 4. The minimum absolute atomic E-state index is 0.0141. The van der Waals surface area contributed by atoms with E-state index in [9.17, 15) is 9.59 Å². The summed E-state index contributed by atoms with van der Waals surface area (Å²) in [6, 6.07) is 9.18. The highest BCUT2D eigenvalue weighted by molar-refractivity contribution is 5.89. The van der Waals surface area contributed by atoms with Gasteiger partial charge in [-0.1, -0.05) is 49.6 Å². The number of esters is 2. The van der Waals surface area contributed by atoms with E-state index in [-0.39, 0.29) is 28.9 Å². The van der Waals surface area contributed by atoms with Crippen molar-refractivity contribution in [3.05, 3.63) is 47.5 Å². The average Bonchev–Trinajstić information content (AvgIpc) is 3.12. The molecule has 4 heteroatoms. The van der Waals surface area contributed by atoms with Crippen molar-refractivity contribution in [3.63, 3.8) is 0 Å². The molecule has 0 radical (unpaired) electrons. The van der Waals surface area contributed by atoms with Gasteiger partial charge in [0.05, 0.1) is 5.56 Å². The topological polar surface area (TPSA) is 52.6 Å². The molecule has 3 saturated carbocycles. The van der Waals surface area contributed by atoms with Crippen LogP contribution in [0.4, 0.5) is 0 Å². The second-order valence-electron chi connectivity index (χ2n) is 11.5. The Hall–Kier alpha value is -2.54. The maximum absolute atomic E-state index is 13.0. The van der Waals surface area contributed by atoms with E-state index in [4.69, 9.17) is 15.9 Å². The van der Waals surface area contributed by atoms with E-state index in [1.165, 1.54) is 12.5 Å². The van der Waals surface area contributed by atoms with Crippen molar-refractivity contribution in [2.24, 2.45) is 28.6 Å². The quantitative estimate of drug-likeness (QED) is 0.310. The van der Waals surface area contributed by atoms with Crippen molar-refractivity contribution < 1.29 is 19.1 Å². The SMILES string of the molecule is C#C[C@]1(OC(=O)c2ccccc2)CC[C@H]2[C@@H]3CC=C4C[C@H](OC(C)=O)CC[C@]4(C)[C@H]3CC[C@@]21C. The number of benzene rings is 1. The van der Waals surface area contributed by atoms with Crippen molar-refractivity contribution in [1.29, 1.82) is 0 Å². The molecule has 180 valence electrons. The molecule has 0 unspecified atom stereocenters. The lowest BCUT2D eigenvalue weighted by Crippen LogP contribution is -2.55. The molecule has 0 heterocycles. The van der Waals surface area contributed by atoms with Gasteiger partial charge in [0.2, 0.25) is 0 Å². The van der Waals surface area contributed by atoms with E-state index in [0.29, 0.717) is 23.3 Å². The maximum atomic E-state index is 13.0. The number of allylic oxidation sites excluding steroid dienone is 1. The third-order valence-corrected chi connectivity index (χ3v) is 10.0. The lowest BCUT2D eigenvalue weighted by atomic mass is 9.47. The molecular formula is C30H36O4. The molecular weight excluding hydrogens is 424 g/mol. The first kappa shape index (κ1) is 23.2. The van der Waals surface area contributed by atoms with Crippen molar-refractivity contribution in [3.8, 4) is 12.3 Å². The van der Waals surface area contributed by atoms with Crippen LogP contribution in [-0.2, 0) is 14.3 Å². The second-order valence-corrected chi connectivity index (χ2v) is 11.5. The number of ether oxygens (including phenoxy) is 2. The molecule has 5 rings (SSSR count). The summed E-state index contributed by atoms with van der Waals surface area (Å²) in [6.07, 6.45) is 16.3. The first-order valence-electron chi connectivity index (χ1n) is 12.9. The van der Waals surface area contributed by atoms with Crippen LogP contribution < -0.4 is 0 Å². The van der Waals surface area contributed by atoms with Crippen LogP contribution >= 0.6 is 0 Å². The predicted octanol–water partition coefficient (Wildman–Crippen LogP) is 6.11. The standard InChI is InChI=1S/C30H36O4/c1-5-30(34-27(32)21-9-7-6-8-10-21)18-15-26-24-12-11-22-19-23(33-20(2)31)13-16-28(22,3)25(24)14-17-29(26,30)4/h1,6-11,23-26H,12-19H2,2-4H3/t23-,24-,25+,26+,28+,29+,30+/m1/s1. The van der Waals surface area contributed by atoms with E-state index in [2.05, 4.69) is 25.8 Å². The summed E-state index contributed by atoms with van der Waals surface area (Å²) < 4.78 is 11.8. The summed E-state index contributed by atoms with van der Waals surface area (Å²) in [4.78, 5) is 24.5. The van der Waals surface area contributed by atoms with E-state index in [0.717, 1.165) is 51.4 Å². The van der Waals surface area contributed by atoms with E-state index < -0.39 is 5.60 Å². The zero-order valence-electron chi connectivity index (χ0n) is 20.6. The molecule has 34 heavy (non-hydrogen) atoms. The third-order valence-electron chi connectivity index (χ3n) is 10.0. The van der Waals surface area contributed by atoms with Gasteiger partial charge >= 0.3 is 11.9 Å². The Balaban J connectivity index is 1.40. The van der Waals surface area contributed by atoms with Gasteiger partial charge in [-0.05, 0) is 80.2 Å². The number of hydrogen-bond donors (Lipinski definition) is 0. The molecule has 1 aromatic rings. The van der Waals surface area contributed by atoms with Gasteiger partial charge in [0.1, 0.15) is 6.10 Å². The molecule has 4 aliphatic rings. The zero-order chi connectivity index (χ0) is 24.1. The highest BCUT2D eigenvalue weighted by Gasteiger charge is 2.65. The molecule has 1 aromatic carbocycles. The predicted molar refractivity (Wildman–Crippen MR) is 131 cm³/mol. The number of fused-ring (bicyclic) bond motifs is 5. The molecule has 0 amide bonds. The summed E-state index contributed by atoms with van der Waals surface area (Å²) in [7, 11) is 0. The minimum Gasteiger partial charge on any atom is -0.462 e. The van der Waals surface area contributed by atoms with Crippen LogP contribution in [0.25, 0.3) is 0 Å². The van der Waals surface area contributed by atoms with Crippen molar-refractivity contribution >= 4 is 11.9 Å². The molecule has 4 nitrogen and oxygen atoms in total. The fourth-order valence-corrected chi connectivity index (χ4v) is 8.19. The monoisotopic (exact) mass is 460 g/mol. The van der Waals surface area contributed by atoms with Crippen LogP contribution in [0.3, 0.4) is 0 Å². The average molecular weight is 461 g/mol. The van der Waals surface area contributed by atoms with E-state index >= 15 is 0 Å². The Morgan fingerprint density at radius 1 is 1.03 bits per heavy atom. The summed E-state index contributed by atoms with van der Waals surface area (Å²) in [5, 5.41) is 0. The van der Waals surface area contributed by atoms with Crippen LogP contribution in [0, 0.1) is 40.9 Å². The van der Waals surface area contributed by atoms with Gasteiger partial charge in [-0.2, -0.15) is 0 Å². The van der Waals surface area contributed by atoms with Gasteiger partial charge in [0.15, 0.2) is 5.60 Å². The number of carbonyl (C=O) groups is 2. The maximum Gasteiger partial charge on any atom is 0.339 e. The summed E-state index contributed by atoms with van der Waals surface area (Å²) in [5.41, 5.74) is 1.12. The fraction of sp³-hybridized carbons (Fsp3) is 0.600. The van der Waals surface area contributed by atoms with Crippen LogP contribution in [0.2, 0.25) is 0 Å². The largest absolute Gasteiger partial charge is 0.462 e. The Morgan fingerprint density at radius 3 is 2.47 bits per heavy atom. The zero-order valence-corrected chi connectivity index (χ0v) is 20.6. The van der Waals surface area contributed by atoms with Crippen molar-refractivity contribution in [2.75, 3.05) is 0 Å². The first-order chi connectivity index (χ1) is 16.2. The molecule has 0 bridgehead atoms. The molecule has 4 aliphatic carbocycles. The molecule has 7 atom stereocenters. The van der Waals surface area contributed by atoms with Gasteiger partial charge in [-0.3, -0.25) is 4.79 Å². The first-order valence-corrected chi connectivity index (χ1v) is 12.9. The lowest BCUT2D eigenvalue weighted by molar-refractivity contribution is -0.149. The molecule has 0 aliphatic heterocycles. The summed E-state index contributed by atoms with van der Waals surface area (Å²) >= 11 is 0. The Labute approximate surface area is 203 Å². The normalized spacial score (nSPS) is 40.6. The van der Waals surface area contributed by atoms with Crippen LogP contribution in [0.1, 0.15) is 82.5 Å². The number of terminal acetylenes is 1. The Kier molecular flexibility index (Phi) is 5.66. The van der Waals surface area contributed by atoms with Gasteiger partial charge in [0.25, 0.3) is 0 Å². The third kappa shape index (κ3) is 3.43. The van der Waals surface area contributed by atoms with Crippen molar-refractivity contribution in [2.45, 2.75) is 83.8 Å². The summed E-state index contributed by atoms with van der Waals surface area (Å²) in [6.45, 7) is 6.21. The second kappa shape index (κ2) is 8.29. The van der Waals surface area contributed by atoms with Gasteiger partial charge < -0.3 is 9.47 Å². The Bertz CT molecular complexity index is 1050. The molecule has 0 saturated heterocycles. The van der Waals surface area contributed by atoms with E-state index in [1.807, 2.05) is 18.2 Å². The molecule has 0 N–H and O–H groups in total. The van der Waals surface area contributed by atoms with Gasteiger partial charge in [-0.25, -0.2) is 4.79 Å².